The van der Waals surface area contributed by atoms with Crippen LogP contribution in [0.1, 0.15) is 38.2 Å². The molecule has 0 saturated heterocycles. The van der Waals surface area contributed by atoms with Gasteiger partial charge in [0.1, 0.15) is 11.2 Å². The molecule has 1 saturated carbocycles. The molecule has 0 aliphatic heterocycles. The maximum Gasteiger partial charge on any atom is 0.205 e. The lowest BCUT2D eigenvalue weighted by Crippen LogP contribution is -2.37. The van der Waals surface area contributed by atoms with Crippen LogP contribution in [-0.2, 0) is 0 Å². The Kier molecular flexibility index (Phi) is 4.66. The lowest BCUT2D eigenvalue weighted by atomic mass is 9.77. The molecule has 0 radical (unpaired) electrons. The van der Waals surface area contributed by atoms with Crippen molar-refractivity contribution in [3.63, 3.8) is 0 Å². The molecule has 6 heteroatoms. The lowest BCUT2D eigenvalue weighted by Gasteiger charge is -2.33. The number of hydrogen-bond donors (Lipinski definition) is 1. The fraction of sp³-hybridized carbons (Fsp3) is 0.500. The second-order valence-electron chi connectivity index (χ2n) is 5.49. The van der Waals surface area contributed by atoms with Crippen molar-refractivity contribution in [2.75, 3.05) is 7.11 Å². The fourth-order valence-corrected chi connectivity index (χ4v) is 2.59. The highest BCUT2D eigenvalue weighted by molar-refractivity contribution is 5.44. The largest absolute Gasteiger partial charge is 0.491 e. The van der Waals surface area contributed by atoms with E-state index in [1.165, 1.54) is 0 Å². The predicted octanol–water partition coefficient (Wildman–Crippen LogP) is 3.54. The van der Waals surface area contributed by atoms with E-state index in [0.29, 0.717) is 6.42 Å². The number of methoxy groups -OCH3 is 1. The van der Waals surface area contributed by atoms with Crippen LogP contribution in [0.4, 0.5) is 17.6 Å². The first-order chi connectivity index (χ1) is 10.3. The Morgan fingerprint density at radius 1 is 1.09 bits per heavy atom. The van der Waals surface area contributed by atoms with Crippen LogP contribution in [0.5, 0.6) is 5.75 Å². The third-order valence-corrected chi connectivity index (χ3v) is 4.09. The summed E-state index contributed by atoms with van der Waals surface area (Å²) in [5, 5.41) is 10.4. The van der Waals surface area contributed by atoms with Gasteiger partial charge in [0.15, 0.2) is 17.4 Å². The Morgan fingerprint density at radius 2 is 1.68 bits per heavy atom. The molecule has 1 aliphatic carbocycles. The summed E-state index contributed by atoms with van der Waals surface area (Å²) in [6, 6.07) is 0. The minimum Gasteiger partial charge on any atom is -0.491 e. The van der Waals surface area contributed by atoms with Gasteiger partial charge in [-0.1, -0.05) is 25.2 Å². The molecule has 1 aromatic carbocycles. The van der Waals surface area contributed by atoms with Crippen molar-refractivity contribution >= 4 is 0 Å². The van der Waals surface area contributed by atoms with Gasteiger partial charge in [-0.2, -0.15) is 8.78 Å². The molecular formula is C16H16F4O2. The molecule has 1 N–H and O–H groups in total. The first-order valence-corrected chi connectivity index (χ1v) is 6.97. The van der Waals surface area contributed by atoms with Crippen molar-refractivity contribution in [3.05, 3.63) is 28.8 Å². The second-order valence-corrected chi connectivity index (χ2v) is 5.49. The first-order valence-electron chi connectivity index (χ1n) is 6.97. The van der Waals surface area contributed by atoms with Crippen molar-refractivity contribution < 1.29 is 27.4 Å². The summed E-state index contributed by atoms with van der Waals surface area (Å²) in [7, 11) is 0.901. The summed E-state index contributed by atoms with van der Waals surface area (Å²) >= 11 is 0. The van der Waals surface area contributed by atoms with Crippen LogP contribution in [-0.4, -0.2) is 17.8 Å². The van der Waals surface area contributed by atoms with Crippen LogP contribution >= 0.6 is 0 Å². The van der Waals surface area contributed by atoms with Crippen LogP contribution in [0.3, 0.4) is 0 Å². The van der Waals surface area contributed by atoms with Gasteiger partial charge in [-0.3, -0.25) is 0 Å². The minimum absolute atomic E-state index is 0.187. The van der Waals surface area contributed by atoms with Gasteiger partial charge in [-0.05, 0) is 25.2 Å². The van der Waals surface area contributed by atoms with Gasteiger partial charge in [0.05, 0.1) is 7.11 Å². The van der Waals surface area contributed by atoms with Crippen LogP contribution in [0, 0.1) is 41.0 Å². The quantitative estimate of drug-likeness (QED) is 0.488. The third kappa shape index (κ3) is 2.78. The molecule has 0 spiro atoms. The van der Waals surface area contributed by atoms with Crippen LogP contribution in [0.15, 0.2) is 0 Å². The van der Waals surface area contributed by atoms with Gasteiger partial charge >= 0.3 is 0 Å². The average molecular weight is 316 g/mol. The third-order valence-electron chi connectivity index (χ3n) is 4.09. The van der Waals surface area contributed by atoms with E-state index in [-0.39, 0.29) is 5.92 Å². The van der Waals surface area contributed by atoms with Gasteiger partial charge in [0.2, 0.25) is 11.6 Å². The number of ether oxygens (including phenoxy) is 1. The number of hydrogen-bond acceptors (Lipinski definition) is 2. The molecule has 120 valence electrons. The Labute approximate surface area is 126 Å². The molecule has 22 heavy (non-hydrogen) atoms. The Balaban J connectivity index is 2.50. The van der Waals surface area contributed by atoms with Crippen molar-refractivity contribution in [1.29, 1.82) is 0 Å². The summed E-state index contributed by atoms with van der Waals surface area (Å²) < 4.78 is 59.1. The highest BCUT2D eigenvalue weighted by Gasteiger charge is 2.34. The van der Waals surface area contributed by atoms with E-state index >= 15 is 0 Å². The topological polar surface area (TPSA) is 29.5 Å². The summed E-state index contributed by atoms with van der Waals surface area (Å²) in [4.78, 5) is 0. The molecule has 0 amide bonds. The van der Waals surface area contributed by atoms with E-state index in [0.717, 1.165) is 26.4 Å². The molecule has 0 bridgehead atoms. The van der Waals surface area contributed by atoms with Crippen molar-refractivity contribution in [1.82, 2.24) is 0 Å². The standard InChI is InChI=1S/C16H16F4O2/c1-9-5-3-4-7-16(9,21)8-6-10-11(17)13(19)15(22-2)14(20)12(10)18/h9,21H,3-5,7H2,1-2H3/t9-,16+/m0/s1. The van der Waals surface area contributed by atoms with Gasteiger partial charge in [0.25, 0.3) is 0 Å². The minimum atomic E-state index is -1.64. The normalized spacial score (nSPS) is 24.6. The smallest absolute Gasteiger partial charge is 0.205 e. The molecule has 0 heterocycles. The number of halogens is 4. The van der Waals surface area contributed by atoms with E-state index < -0.39 is 40.2 Å². The van der Waals surface area contributed by atoms with Gasteiger partial charge in [-0.15, -0.1) is 0 Å². The van der Waals surface area contributed by atoms with Crippen molar-refractivity contribution in [3.8, 4) is 17.6 Å². The number of aliphatic hydroxyl groups is 1. The Hall–Kier alpha value is -1.74. The summed E-state index contributed by atoms with van der Waals surface area (Å²) in [6.45, 7) is 1.77. The molecule has 2 rings (SSSR count). The zero-order valence-electron chi connectivity index (χ0n) is 12.3. The highest BCUT2D eigenvalue weighted by Crippen LogP contribution is 2.34. The van der Waals surface area contributed by atoms with Crippen LogP contribution in [0.2, 0.25) is 0 Å². The van der Waals surface area contributed by atoms with E-state index in [1.54, 1.807) is 6.92 Å². The second kappa shape index (κ2) is 6.17. The molecule has 1 fully saturated rings. The molecule has 2 nitrogen and oxygen atoms in total. The van der Waals surface area contributed by atoms with Gasteiger partial charge in [0, 0.05) is 0 Å². The van der Waals surface area contributed by atoms with E-state index in [1.807, 2.05) is 0 Å². The monoisotopic (exact) mass is 316 g/mol. The molecule has 2 atom stereocenters. The molecule has 0 unspecified atom stereocenters. The molecule has 0 aromatic heterocycles. The fourth-order valence-electron chi connectivity index (χ4n) is 2.59. The number of benzene rings is 1. The van der Waals surface area contributed by atoms with E-state index in [4.69, 9.17) is 0 Å². The highest BCUT2D eigenvalue weighted by atomic mass is 19.2. The zero-order valence-corrected chi connectivity index (χ0v) is 12.3. The maximum atomic E-state index is 13.8. The average Bonchev–Trinajstić information content (AvgIpc) is 2.49. The Morgan fingerprint density at radius 3 is 2.18 bits per heavy atom. The Bertz CT molecular complexity index is 619. The van der Waals surface area contributed by atoms with E-state index in [9.17, 15) is 22.7 Å². The van der Waals surface area contributed by atoms with E-state index in [2.05, 4.69) is 16.6 Å². The molecular weight excluding hydrogens is 300 g/mol. The SMILES string of the molecule is COc1c(F)c(F)c(C#C[C@]2(O)CCCC[C@@H]2C)c(F)c1F. The van der Waals surface area contributed by atoms with Crippen molar-refractivity contribution in [2.24, 2.45) is 5.92 Å². The lowest BCUT2D eigenvalue weighted by molar-refractivity contribution is 0.0126. The van der Waals surface area contributed by atoms with Gasteiger partial charge < -0.3 is 9.84 Å². The summed E-state index contributed by atoms with van der Waals surface area (Å²) in [5.74, 6) is -3.41. The number of rotatable bonds is 1. The van der Waals surface area contributed by atoms with Crippen LogP contribution in [0.25, 0.3) is 0 Å². The van der Waals surface area contributed by atoms with Gasteiger partial charge in [-0.25, -0.2) is 8.78 Å². The molecule has 1 aromatic rings. The first kappa shape index (κ1) is 16.6. The summed E-state index contributed by atoms with van der Waals surface area (Å²) in [5.41, 5.74) is -2.45. The van der Waals surface area contributed by atoms with Crippen molar-refractivity contribution in [2.45, 2.75) is 38.2 Å². The van der Waals surface area contributed by atoms with Crippen LogP contribution < -0.4 is 4.74 Å². The maximum absolute atomic E-state index is 13.8. The summed E-state index contributed by atoms with van der Waals surface area (Å²) in [6.07, 6.45) is 2.73. The zero-order chi connectivity index (χ0) is 16.5. The predicted molar refractivity (Wildman–Crippen MR) is 72.3 cm³/mol. The molecule has 1 aliphatic rings.